The van der Waals surface area contributed by atoms with Crippen LogP contribution in [0.5, 0.6) is 0 Å². The zero-order valence-electron chi connectivity index (χ0n) is 11.8. The Morgan fingerprint density at radius 3 is 2.63 bits per heavy atom. The van der Waals surface area contributed by atoms with Gasteiger partial charge in [-0.05, 0) is 12.5 Å². The average molecular weight is 260 g/mol. The van der Waals surface area contributed by atoms with Crippen molar-refractivity contribution in [3.8, 4) is 0 Å². The molecule has 2 rings (SSSR count). The van der Waals surface area contributed by atoms with Gasteiger partial charge in [-0.25, -0.2) is 4.98 Å². The van der Waals surface area contributed by atoms with Gasteiger partial charge in [0.2, 0.25) is 0 Å². The third kappa shape index (κ3) is 3.69. The highest BCUT2D eigenvalue weighted by Gasteiger charge is 2.05. The fraction of sp³-hybridized carbons (Fsp3) is 0.600. The number of anilines is 1. The summed E-state index contributed by atoms with van der Waals surface area (Å²) in [6, 6.07) is 1.99. The number of unbranched alkanes of at least 4 members (excludes halogenated alkanes) is 6. The van der Waals surface area contributed by atoms with E-state index in [1.165, 1.54) is 44.9 Å². The highest BCUT2D eigenvalue weighted by Crippen LogP contribution is 2.18. The van der Waals surface area contributed by atoms with Gasteiger partial charge in [0, 0.05) is 12.7 Å². The third-order valence-electron chi connectivity index (χ3n) is 3.58. The van der Waals surface area contributed by atoms with Gasteiger partial charge in [-0.1, -0.05) is 45.4 Å². The van der Waals surface area contributed by atoms with Crippen LogP contribution in [0.2, 0.25) is 0 Å². The van der Waals surface area contributed by atoms with Crippen molar-refractivity contribution >= 4 is 16.7 Å². The predicted molar refractivity (Wildman–Crippen MR) is 79.9 cm³/mol. The molecule has 0 amide bonds. The first kappa shape index (κ1) is 13.8. The minimum atomic E-state index is 0.573. The van der Waals surface area contributed by atoms with E-state index in [0.717, 1.165) is 17.4 Å². The van der Waals surface area contributed by atoms with Crippen LogP contribution >= 0.6 is 0 Å². The molecule has 0 unspecified atom stereocenters. The second-order valence-electron chi connectivity index (χ2n) is 5.12. The third-order valence-corrected chi connectivity index (χ3v) is 3.58. The van der Waals surface area contributed by atoms with Gasteiger partial charge in [0.15, 0.2) is 0 Å². The lowest BCUT2D eigenvalue weighted by Crippen LogP contribution is -2.00. The topological polar surface area (TPSA) is 56.7 Å². The predicted octanol–water partition coefficient (Wildman–Crippen LogP) is 3.76. The molecule has 0 aliphatic heterocycles. The lowest BCUT2D eigenvalue weighted by molar-refractivity contribution is 0.532. The van der Waals surface area contributed by atoms with Crippen LogP contribution in [-0.4, -0.2) is 14.8 Å². The number of nitrogens with two attached hydrogens (primary N) is 1. The molecule has 2 N–H and O–H groups in total. The van der Waals surface area contributed by atoms with E-state index in [9.17, 15) is 0 Å². The summed E-state index contributed by atoms with van der Waals surface area (Å²) in [6.07, 6.45) is 12.8. The Kier molecular flexibility index (Phi) is 5.19. The van der Waals surface area contributed by atoms with Crippen LogP contribution in [0.3, 0.4) is 0 Å². The van der Waals surface area contributed by atoms with Gasteiger partial charge < -0.3 is 5.73 Å². The lowest BCUT2D eigenvalue weighted by Gasteiger charge is -2.04. The van der Waals surface area contributed by atoms with Crippen molar-refractivity contribution in [2.75, 3.05) is 5.73 Å². The zero-order chi connectivity index (χ0) is 13.5. The highest BCUT2D eigenvalue weighted by molar-refractivity contribution is 5.87. The minimum absolute atomic E-state index is 0.573. The van der Waals surface area contributed by atoms with Crippen molar-refractivity contribution in [3.63, 3.8) is 0 Å². The number of aromatic nitrogens is 3. The SMILES string of the molecule is CCCCCCCCCn1ncc2c(N)nccc21. The summed E-state index contributed by atoms with van der Waals surface area (Å²) in [7, 11) is 0. The summed E-state index contributed by atoms with van der Waals surface area (Å²) >= 11 is 0. The van der Waals surface area contributed by atoms with Crippen molar-refractivity contribution in [2.24, 2.45) is 0 Å². The lowest BCUT2D eigenvalue weighted by atomic mass is 10.1. The van der Waals surface area contributed by atoms with E-state index in [1.807, 2.05) is 16.9 Å². The second-order valence-corrected chi connectivity index (χ2v) is 5.12. The van der Waals surface area contributed by atoms with Crippen LogP contribution in [0.1, 0.15) is 51.9 Å². The summed E-state index contributed by atoms with van der Waals surface area (Å²) in [5, 5.41) is 5.36. The monoisotopic (exact) mass is 260 g/mol. The Labute approximate surface area is 115 Å². The fourth-order valence-corrected chi connectivity index (χ4v) is 2.42. The number of nitrogen functional groups attached to an aromatic ring is 1. The van der Waals surface area contributed by atoms with E-state index >= 15 is 0 Å². The number of pyridine rings is 1. The Morgan fingerprint density at radius 1 is 1.11 bits per heavy atom. The van der Waals surface area contributed by atoms with Crippen LogP contribution in [0.15, 0.2) is 18.5 Å². The maximum Gasteiger partial charge on any atom is 0.134 e. The minimum Gasteiger partial charge on any atom is -0.383 e. The Balaban J connectivity index is 1.77. The summed E-state index contributed by atoms with van der Waals surface area (Å²) in [4.78, 5) is 4.08. The Morgan fingerprint density at radius 2 is 1.84 bits per heavy atom. The van der Waals surface area contributed by atoms with Gasteiger partial charge in [0.25, 0.3) is 0 Å². The largest absolute Gasteiger partial charge is 0.383 e. The molecule has 104 valence electrons. The van der Waals surface area contributed by atoms with Crippen molar-refractivity contribution in [3.05, 3.63) is 18.5 Å². The molecule has 0 bridgehead atoms. The molecular formula is C15H24N4. The van der Waals surface area contributed by atoms with E-state index in [2.05, 4.69) is 17.0 Å². The van der Waals surface area contributed by atoms with Crippen molar-refractivity contribution in [1.29, 1.82) is 0 Å². The molecule has 2 aromatic heterocycles. The van der Waals surface area contributed by atoms with Gasteiger partial charge >= 0.3 is 0 Å². The van der Waals surface area contributed by atoms with Crippen LogP contribution < -0.4 is 5.73 Å². The zero-order valence-corrected chi connectivity index (χ0v) is 11.8. The molecular weight excluding hydrogens is 236 g/mol. The number of aryl methyl sites for hydroxylation is 1. The van der Waals surface area contributed by atoms with Gasteiger partial charge in [-0.15, -0.1) is 0 Å². The van der Waals surface area contributed by atoms with E-state index in [1.54, 1.807) is 6.20 Å². The van der Waals surface area contributed by atoms with E-state index in [-0.39, 0.29) is 0 Å². The molecule has 2 heterocycles. The molecule has 0 saturated heterocycles. The molecule has 0 saturated carbocycles. The molecule has 19 heavy (non-hydrogen) atoms. The fourth-order valence-electron chi connectivity index (χ4n) is 2.42. The standard InChI is InChI=1S/C15H24N4/c1-2-3-4-5-6-7-8-11-19-14-9-10-17-15(16)13(14)12-18-19/h9-10,12H,2-8,11H2,1H3,(H2,16,17). The molecule has 0 aliphatic rings. The average Bonchev–Trinajstić information content (AvgIpc) is 2.83. The second kappa shape index (κ2) is 7.12. The van der Waals surface area contributed by atoms with Gasteiger partial charge in [0.1, 0.15) is 5.82 Å². The Bertz CT molecular complexity index is 504. The number of hydrogen-bond donors (Lipinski definition) is 1. The number of hydrogen-bond acceptors (Lipinski definition) is 3. The van der Waals surface area contributed by atoms with Crippen LogP contribution in [-0.2, 0) is 6.54 Å². The molecule has 0 spiro atoms. The van der Waals surface area contributed by atoms with E-state index in [4.69, 9.17) is 5.73 Å². The molecule has 0 fully saturated rings. The van der Waals surface area contributed by atoms with Crippen LogP contribution in [0.25, 0.3) is 10.9 Å². The smallest absolute Gasteiger partial charge is 0.134 e. The summed E-state index contributed by atoms with van der Waals surface area (Å²) in [5.74, 6) is 0.573. The maximum absolute atomic E-state index is 5.83. The van der Waals surface area contributed by atoms with Crippen molar-refractivity contribution in [2.45, 2.75) is 58.4 Å². The molecule has 0 atom stereocenters. The molecule has 4 nitrogen and oxygen atoms in total. The summed E-state index contributed by atoms with van der Waals surface area (Å²) in [6.45, 7) is 3.23. The molecule has 0 aromatic carbocycles. The maximum atomic E-state index is 5.83. The van der Waals surface area contributed by atoms with Crippen molar-refractivity contribution < 1.29 is 0 Å². The first-order chi connectivity index (χ1) is 9.33. The molecule has 2 aromatic rings. The summed E-state index contributed by atoms with van der Waals surface area (Å²) in [5.41, 5.74) is 6.92. The van der Waals surface area contributed by atoms with Gasteiger partial charge in [0.05, 0.1) is 17.1 Å². The number of rotatable bonds is 8. The number of fused-ring (bicyclic) bond motifs is 1. The Hall–Kier alpha value is -1.58. The highest BCUT2D eigenvalue weighted by atomic mass is 15.3. The molecule has 0 radical (unpaired) electrons. The quantitative estimate of drug-likeness (QED) is 0.735. The summed E-state index contributed by atoms with van der Waals surface area (Å²) < 4.78 is 2.04. The van der Waals surface area contributed by atoms with E-state index in [0.29, 0.717) is 5.82 Å². The van der Waals surface area contributed by atoms with Crippen molar-refractivity contribution in [1.82, 2.24) is 14.8 Å². The van der Waals surface area contributed by atoms with Gasteiger partial charge in [-0.3, -0.25) is 4.68 Å². The molecule has 4 heteroatoms. The van der Waals surface area contributed by atoms with E-state index < -0.39 is 0 Å². The normalized spacial score (nSPS) is 11.2. The van der Waals surface area contributed by atoms with Gasteiger partial charge in [-0.2, -0.15) is 5.10 Å². The number of nitrogens with zero attached hydrogens (tertiary/aromatic N) is 3. The van der Waals surface area contributed by atoms with Crippen LogP contribution in [0.4, 0.5) is 5.82 Å². The first-order valence-electron chi connectivity index (χ1n) is 7.39. The van der Waals surface area contributed by atoms with Crippen LogP contribution in [0, 0.1) is 0 Å². The molecule has 0 aliphatic carbocycles. The first-order valence-corrected chi connectivity index (χ1v) is 7.39.